The van der Waals surface area contributed by atoms with Gasteiger partial charge < -0.3 is 34.9 Å². The smallest absolute Gasteiger partial charge is 0.410 e. The third-order valence-corrected chi connectivity index (χ3v) is 9.06. The summed E-state index contributed by atoms with van der Waals surface area (Å²) in [6, 6.07) is 22.9. The van der Waals surface area contributed by atoms with Crippen LogP contribution in [0.5, 0.6) is 5.75 Å². The zero-order valence-electron chi connectivity index (χ0n) is 27.9. The van der Waals surface area contributed by atoms with Crippen molar-refractivity contribution < 1.29 is 19.1 Å². The fourth-order valence-electron chi connectivity index (χ4n) is 6.10. The number of likely N-dealkylation sites (tertiary alicyclic amines) is 1. The number of hydrogen-bond acceptors (Lipinski definition) is 9. The molecule has 2 fully saturated rings. The number of carbonyl (C=O) groups excluding carboxylic acids is 2. The van der Waals surface area contributed by atoms with Gasteiger partial charge in [0, 0.05) is 44.0 Å². The van der Waals surface area contributed by atoms with E-state index in [1.807, 2.05) is 60.7 Å². The van der Waals surface area contributed by atoms with Gasteiger partial charge in [-0.05, 0) is 67.5 Å². The van der Waals surface area contributed by atoms with E-state index >= 15 is 0 Å². The Morgan fingerprint density at radius 2 is 1.70 bits per heavy atom. The summed E-state index contributed by atoms with van der Waals surface area (Å²) in [7, 11) is 1.64. The Kier molecular flexibility index (Phi) is 9.63. The third-order valence-electron chi connectivity index (χ3n) is 9.06. The largest absolute Gasteiger partial charge is 0.497 e. The standard InChI is InChI=1S/C37H40N8O5/c1-49-29-13-9-25(10-14-29)15-18-38-31-22-33(42-45-32(23-39-34(31)45)35(46)40-27-11-12-27)41-30-8-5-19-44(36(30)47)28-16-20-43(21-17-28)37(48)50-24-26-6-3-2-4-7-26/h2-10,13-14,19,22-23,27-28,38H,11-12,15-18,20-21,24H2,1H3,(H,40,46)(H,41,42). The average molecular weight is 677 g/mol. The number of nitrogens with one attached hydrogen (secondary N) is 3. The van der Waals surface area contributed by atoms with Crippen LogP contribution in [0.3, 0.4) is 0 Å². The maximum Gasteiger partial charge on any atom is 0.410 e. The molecule has 3 N–H and O–H groups in total. The van der Waals surface area contributed by atoms with E-state index in [2.05, 4.69) is 20.9 Å². The van der Waals surface area contributed by atoms with Crippen LogP contribution in [0.25, 0.3) is 5.65 Å². The lowest BCUT2D eigenvalue weighted by molar-refractivity contribution is 0.0828. The molecule has 1 aliphatic heterocycles. The molecular formula is C37H40N8O5. The highest BCUT2D eigenvalue weighted by Gasteiger charge is 2.27. The number of carbonyl (C=O) groups is 2. The van der Waals surface area contributed by atoms with Crippen molar-refractivity contribution >= 4 is 34.8 Å². The van der Waals surface area contributed by atoms with Gasteiger partial charge >= 0.3 is 6.09 Å². The number of ether oxygens (including phenoxy) is 2. The number of methoxy groups -OCH3 is 1. The average Bonchev–Trinajstić information content (AvgIpc) is 3.86. The normalized spacial score (nSPS) is 14.7. The highest BCUT2D eigenvalue weighted by molar-refractivity contribution is 5.94. The maximum atomic E-state index is 13.8. The third kappa shape index (κ3) is 7.56. The van der Waals surface area contributed by atoms with E-state index in [1.165, 1.54) is 10.7 Å². The molecule has 5 aromatic rings. The molecule has 13 nitrogen and oxygen atoms in total. The monoisotopic (exact) mass is 676 g/mol. The first-order valence-electron chi connectivity index (χ1n) is 17.0. The predicted molar refractivity (Wildman–Crippen MR) is 189 cm³/mol. The molecule has 258 valence electrons. The van der Waals surface area contributed by atoms with Gasteiger partial charge in [0.15, 0.2) is 17.2 Å². The predicted octanol–water partition coefficient (Wildman–Crippen LogP) is 5.16. The highest BCUT2D eigenvalue weighted by Crippen LogP contribution is 2.26. The molecule has 0 spiro atoms. The molecular weight excluding hydrogens is 636 g/mol. The molecule has 0 unspecified atom stereocenters. The molecule has 2 aromatic carbocycles. The molecule has 1 aliphatic carbocycles. The number of pyridine rings is 1. The molecule has 0 atom stereocenters. The first kappa shape index (κ1) is 32.7. The van der Waals surface area contributed by atoms with Crippen LogP contribution < -0.4 is 26.2 Å². The Bertz CT molecular complexity index is 2020. The van der Waals surface area contributed by atoms with Crippen LogP contribution >= 0.6 is 0 Å². The summed E-state index contributed by atoms with van der Waals surface area (Å²) in [6.45, 7) is 1.79. The molecule has 13 heteroatoms. The lowest BCUT2D eigenvalue weighted by Gasteiger charge is -2.32. The Hall–Kier alpha value is -5.85. The summed E-state index contributed by atoms with van der Waals surface area (Å²) in [5.74, 6) is 0.937. The van der Waals surface area contributed by atoms with Gasteiger partial charge in [-0.2, -0.15) is 0 Å². The minimum absolute atomic E-state index is 0.0839. The van der Waals surface area contributed by atoms with Crippen molar-refractivity contribution in [2.45, 2.75) is 50.8 Å². The zero-order chi connectivity index (χ0) is 34.5. The molecule has 0 bridgehead atoms. The van der Waals surface area contributed by atoms with Gasteiger partial charge in [-0.1, -0.05) is 42.5 Å². The zero-order valence-corrected chi connectivity index (χ0v) is 27.9. The lowest BCUT2D eigenvalue weighted by atomic mass is 10.0. The molecule has 0 radical (unpaired) electrons. The Balaban J connectivity index is 1.06. The molecule has 50 heavy (non-hydrogen) atoms. The molecule has 4 heterocycles. The fraction of sp³-hybridized carbons (Fsp3) is 0.324. The number of fused-ring (bicyclic) bond motifs is 1. The number of benzene rings is 2. The van der Waals surface area contributed by atoms with E-state index in [9.17, 15) is 14.4 Å². The van der Waals surface area contributed by atoms with Gasteiger partial charge in [0.25, 0.3) is 11.5 Å². The second kappa shape index (κ2) is 14.7. The van der Waals surface area contributed by atoms with Crippen LogP contribution in [0.1, 0.15) is 53.3 Å². The van der Waals surface area contributed by atoms with Gasteiger partial charge in [-0.15, -0.1) is 5.10 Å². The van der Waals surface area contributed by atoms with E-state index in [-0.39, 0.29) is 36.3 Å². The minimum Gasteiger partial charge on any atom is -0.497 e. The van der Waals surface area contributed by atoms with Crippen molar-refractivity contribution in [2.24, 2.45) is 0 Å². The van der Waals surface area contributed by atoms with Crippen LogP contribution in [0.4, 0.5) is 22.0 Å². The van der Waals surface area contributed by atoms with E-state index in [4.69, 9.17) is 14.6 Å². The van der Waals surface area contributed by atoms with Crippen LogP contribution in [0.15, 0.2) is 90.0 Å². The minimum atomic E-state index is -0.352. The van der Waals surface area contributed by atoms with Crippen LogP contribution in [0.2, 0.25) is 0 Å². The van der Waals surface area contributed by atoms with Crippen LogP contribution in [-0.4, -0.2) is 68.9 Å². The Labute approximate surface area is 289 Å². The van der Waals surface area contributed by atoms with Crippen molar-refractivity contribution in [3.05, 3.63) is 112 Å². The summed E-state index contributed by atoms with van der Waals surface area (Å²) in [6.07, 6.45) is 6.84. The van der Waals surface area contributed by atoms with Gasteiger partial charge in [0.1, 0.15) is 18.0 Å². The number of imidazole rings is 1. The number of nitrogens with zero attached hydrogens (tertiary/aromatic N) is 5. The van der Waals surface area contributed by atoms with E-state index in [0.717, 1.165) is 36.1 Å². The molecule has 7 rings (SSSR count). The van der Waals surface area contributed by atoms with Crippen molar-refractivity contribution in [1.29, 1.82) is 0 Å². The maximum absolute atomic E-state index is 13.8. The molecule has 1 saturated carbocycles. The van der Waals surface area contributed by atoms with Crippen molar-refractivity contribution in [2.75, 3.05) is 37.4 Å². The summed E-state index contributed by atoms with van der Waals surface area (Å²) >= 11 is 0. The highest BCUT2D eigenvalue weighted by atomic mass is 16.6. The number of piperidine rings is 1. The van der Waals surface area contributed by atoms with Gasteiger partial charge in [0.2, 0.25) is 0 Å². The Morgan fingerprint density at radius 1 is 0.920 bits per heavy atom. The summed E-state index contributed by atoms with van der Waals surface area (Å²) in [5, 5.41) is 14.4. The summed E-state index contributed by atoms with van der Waals surface area (Å²) < 4.78 is 14.0. The van der Waals surface area contributed by atoms with Crippen LogP contribution in [0, 0.1) is 0 Å². The number of rotatable bonds is 12. The molecule has 1 saturated heterocycles. The SMILES string of the molecule is COc1ccc(CCNc2cc(Nc3cccn(C4CCN(C(=O)OCc5ccccc5)CC4)c3=O)nn3c(C(=O)NC4CC4)cnc23)cc1. The lowest BCUT2D eigenvalue weighted by Crippen LogP contribution is -2.41. The van der Waals surface area contributed by atoms with Crippen LogP contribution in [-0.2, 0) is 17.8 Å². The summed E-state index contributed by atoms with van der Waals surface area (Å²) in [4.78, 5) is 45.8. The number of amides is 2. The number of aromatic nitrogens is 4. The molecule has 2 aliphatic rings. The van der Waals surface area contributed by atoms with Gasteiger partial charge in [-0.3, -0.25) is 9.59 Å². The Morgan fingerprint density at radius 3 is 2.44 bits per heavy atom. The van der Waals surface area contributed by atoms with Crippen molar-refractivity contribution in [1.82, 2.24) is 29.4 Å². The first-order chi connectivity index (χ1) is 24.4. The molecule has 2 amide bonds. The molecule has 3 aromatic heterocycles. The quantitative estimate of drug-likeness (QED) is 0.163. The first-order valence-corrected chi connectivity index (χ1v) is 17.0. The van der Waals surface area contributed by atoms with Gasteiger partial charge in [-0.25, -0.2) is 14.3 Å². The van der Waals surface area contributed by atoms with E-state index in [0.29, 0.717) is 61.0 Å². The van der Waals surface area contributed by atoms with Gasteiger partial charge in [0.05, 0.1) is 19.0 Å². The number of hydrogen-bond donors (Lipinski definition) is 3. The number of anilines is 3. The second-order valence-electron chi connectivity index (χ2n) is 12.6. The van der Waals surface area contributed by atoms with Crippen molar-refractivity contribution in [3.63, 3.8) is 0 Å². The topological polar surface area (TPSA) is 144 Å². The fourth-order valence-corrected chi connectivity index (χ4v) is 6.10. The van der Waals surface area contributed by atoms with E-state index < -0.39 is 0 Å². The van der Waals surface area contributed by atoms with E-state index in [1.54, 1.807) is 34.9 Å². The summed E-state index contributed by atoms with van der Waals surface area (Å²) in [5.41, 5.74) is 3.70. The van der Waals surface area contributed by atoms with Crippen molar-refractivity contribution in [3.8, 4) is 5.75 Å². The second-order valence-corrected chi connectivity index (χ2v) is 12.6.